The number of aromatic nitrogens is 4. The van der Waals surface area contributed by atoms with E-state index >= 15 is 0 Å². The Kier molecular flexibility index (Phi) is 2.82. The van der Waals surface area contributed by atoms with E-state index in [0.717, 1.165) is 17.1 Å². The quantitative estimate of drug-likeness (QED) is 0.808. The minimum absolute atomic E-state index is 0.603. The molecule has 0 radical (unpaired) electrons. The van der Waals surface area contributed by atoms with Crippen LogP contribution in [0.5, 0.6) is 0 Å². The summed E-state index contributed by atoms with van der Waals surface area (Å²) in [6, 6.07) is 5.69. The van der Waals surface area contributed by atoms with Crippen LogP contribution in [0.1, 0.15) is 11.3 Å². The second-order valence-electron chi connectivity index (χ2n) is 3.19. The Bertz CT molecular complexity index is 429. The summed E-state index contributed by atoms with van der Waals surface area (Å²) < 4.78 is 0. The molecular weight excluding hydrogens is 190 g/mol. The molecule has 0 atom stereocenters. The van der Waals surface area contributed by atoms with Crippen LogP contribution in [0.4, 0.5) is 5.82 Å². The highest BCUT2D eigenvalue weighted by atomic mass is 15.2. The minimum Gasteiger partial charge on any atom is -0.363 e. The maximum absolute atomic E-state index is 3.96. The van der Waals surface area contributed by atoms with Crippen molar-refractivity contribution in [2.45, 2.75) is 13.5 Å². The first-order valence-corrected chi connectivity index (χ1v) is 4.64. The topological polar surface area (TPSA) is 63.6 Å². The van der Waals surface area contributed by atoms with Gasteiger partial charge in [-0.2, -0.15) is 15.3 Å². The van der Waals surface area contributed by atoms with Gasteiger partial charge in [0.25, 0.3) is 0 Å². The average Bonchev–Trinajstić information content (AvgIpc) is 2.28. The van der Waals surface area contributed by atoms with Gasteiger partial charge in [0.1, 0.15) is 5.82 Å². The number of aryl methyl sites for hydroxylation is 1. The van der Waals surface area contributed by atoms with Crippen molar-refractivity contribution in [1.82, 2.24) is 20.4 Å². The Labute approximate surface area is 87.6 Å². The molecule has 5 nitrogen and oxygen atoms in total. The summed E-state index contributed by atoms with van der Waals surface area (Å²) in [5.74, 6) is 0.751. The molecule has 1 N–H and O–H groups in total. The standard InChI is InChI=1S/C10H11N5/c1-8-5-10(15-13-6-8)11-7-9-3-2-4-12-14-9/h2-6H,7H2,1H3,(H,11,15). The lowest BCUT2D eigenvalue weighted by Crippen LogP contribution is -2.04. The van der Waals surface area contributed by atoms with Crippen molar-refractivity contribution in [3.63, 3.8) is 0 Å². The molecule has 0 aromatic carbocycles. The Morgan fingerprint density at radius 1 is 1.27 bits per heavy atom. The first kappa shape index (κ1) is 9.51. The second kappa shape index (κ2) is 4.45. The second-order valence-corrected chi connectivity index (χ2v) is 3.19. The third kappa shape index (κ3) is 2.70. The molecule has 0 fully saturated rings. The van der Waals surface area contributed by atoms with E-state index in [1.807, 2.05) is 25.1 Å². The highest BCUT2D eigenvalue weighted by molar-refractivity contribution is 5.35. The van der Waals surface area contributed by atoms with E-state index in [9.17, 15) is 0 Å². The van der Waals surface area contributed by atoms with E-state index in [4.69, 9.17) is 0 Å². The Morgan fingerprint density at radius 2 is 2.20 bits per heavy atom. The maximum atomic E-state index is 3.96. The Hall–Kier alpha value is -2.04. The monoisotopic (exact) mass is 201 g/mol. The smallest absolute Gasteiger partial charge is 0.149 e. The van der Waals surface area contributed by atoms with Crippen LogP contribution in [-0.4, -0.2) is 20.4 Å². The van der Waals surface area contributed by atoms with Crippen LogP contribution in [0, 0.1) is 6.92 Å². The molecular formula is C10H11N5. The molecule has 0 bridgehead atoms. The molecule has 0 aliphatic heterocycles. The third-order valence-corrected chi connectivity index (χ3v) is 1.87. The van der Waals surface area contributed by atoms with Crippen molar-refractivity contribution in [3.8, 4) is 0 Å². The number of nitrogens with zero attached hydrogens (tertiary/aromatic N) is 4. The summed E-state index contributed by atoms with van der Waals surface area (Å²) in [6.07, 6.45) is 3.36. The molecule has 0 aliphatic rings. The molecule has 0 aliphatic carbocycles. The fourth-order valence-corrected chi connectivity index (χ4v) is 1.16. The SMILES string of the molecule is Cc1cnnc(NCc2cccnn2)c1. The van der Waals surface area contributed by atoms with Gasteiger partial charge in [0, 0.05) is 6.20 Å². The minimum atomic E-state index is 0.603. The first-order valence-electron chi connectivity index (χ1n) is 4.64. The molecule has 0 saturated heterocycles. The molecule has 2 aromatic rings. The van der Waals surface area contributed by atoms with Gasteiger partial charge in [-0.05, 0) is 30.7 Å². The molecule has 76 valence electrons. The fourth-order valence-electron chi connectivity index (χ4n) is 1.16. The van der Waals surface area contributed by atoms with Crippen LogP contribution in [0.3, 0.4) is 0 Å². The van der Waals surface area contributed by atoms with Gasteiger partial charge in [-0.1, -0.05) is 0 Å². The van der Waals surface area contributed by atoms with Crippen LogP contribution in [0.15, 0.2) is 30.6 Å². The fraction of sp³-hybridized carbons (Fsp3) is 0.200. The summed E-state index contributed by atoms with van der Waals surface area (Å²) in [6.45, 7) is 2.58. The summed E-state index contributed by atoms with van der Waals surface area (Å²) >= 11 is 0. The Balaban J connectivity index is 1.99. The normalized spacial score (nSPS) is 9.93. The van der Waals surface area contributed by atoms with Crippen LogP contribution < -0.4 is 5.32 Å². The van der Waals surface area contributed by atoms with E-state index in [2.05, 4.69) is 25.7 Å². The van der Waals surface area contributed by atoms with Crippen LogP contribution in [0.25, 0.3) is 0 Å². The van der Waals surface area contributed by atoms with E-state index in [0.29, 0.717) is 6.54 Å². The van der Waals surface area contributed by atoms with Gasteiger partial charge in [0.2, 0.25) is 0 Å². The highest BCUT2D eigenvalue weighted by Gasteiger charge is 1.96. The van der Waals surface area contributed by atoms with Crippen molar-refractivity contribution >= 4 is 5.82 Å². The number of rotatable bonds is 3. The van der Waals surface area contributed by atoms with Gasteiger partial charge < -0.3 is 5.32 Å². The van der Waals surface area contributed by atoms with Crippen LogP contribution in [0.2, 0.25) is 0 Å². The van der Waals surface area contributed by atoms with Gasteiger partial charge in [0.05, 0.1) is 18.4 Å². The predicted molar refractivity (Wildman–Crippen MR) is 56.1 cm³/mol. The van der Waals surface area contributed by atoms with Crippen LogP contribution >= 0.6 is 0 Å². The molecule has 0 saturated carbocycles. The molecule has 2 aromatic heterocycles. The summed E-state index contributed by atoms with van der Waals surface area (Å²) in [4.78, 5) is 0. The highest BCUT2D eigenvalue weighted by Crippen LogP contribution is 2.04. The van der Waals surface area contributed by atoms with Gasteiger partial charge in [-0.3, -0.25) is 0 Å². The van der Waals surface area contributed by atoms with Crippen molar-refractivity contribution < 1.29 is 0 Å². The molecule has 5 heteroatoms. The first-order chi connectivity index (χ1) is 7.34. The zero-order chi connectivity index (χ0) is 10.5. The number of hydrogen-bond donors (Lipinski definition) is 1. The number of nitrogens with one attached hydrogen (secondary N) is 1. The van der Waals surface area contributed by atoms with E-state index in [-0.39, 0.29) is 0 Å². The maximum Gasteiger partial charge on any atom is 0.149 e. The van der Waals surface area contributed by atoms with Gasteiger partial charge in [-0.15, -0.1) is 5.10 Å². The largest absolute Gasteiger partial charge is 0.363 e. The Morgan fingerprint density at radius 3 is 2.93 bits per heavy atom. The van der Waals surface area contributed by atoms with Gasteiger partial charge in [-0.25, -0.2) is 0 Å². The zero-order valence-electron chi connectivity index (χ0n) is 8.38. The molecule has 2 heterocycles. The summed E-state index contributed by atoms with van der Waals surface area (Å²) in [5.41, 5.74) is 1.95. The third-order valence-electron chi connectivity index (χ3n) is 1.87. The summed E-state index contributed by atoms with van der Waals surface area (Å²) in [7, 11) is 0. The zero-order valence-corrected chi connectivity index (χ0v) is 8.38. The molecule has 15 heavy (non-hydrogen) atoms. The van der Waals surface area contributed by atoms with Crippen LogP contribution in [-0.2, 0) is 6.54 Å². The van der Waals surface area contributed by atoms with Gasteiger partial charge in [0.15, 0.2) is 0 Å². The number of hydrogen-bond acceptors (Lipinski definition) is 5. The molecule has 0 unspecified atom stereocenters. The lowest BCUT2D eigenvalue weighted by Gasteiger charge is -2.03. The van der Waals surface area contributed by atoms with E-state index in [1.54, 1.807) is 12.4 Å². The van der Waals surface area contributed by atoms with E-state index < -0.39 is 0 Å². The van der Waals surface area contributed by atoms with Gasteiger partial charge >= 0.3 is 0 Å². The van der Waals surface area contributed by atoms with Crippen molar-refractivity contribution in [2.24, 2.45) is 0 Å². The lowest BCUT2D eigenvalue weighted by atomic mass is 10.3. The van der Waals surface area contributed by atoms with E-state index in [1.165, 1.54) is 0 Å². The van der Waals surface area contributed by atoms with Crippen molar-refractivity contribution in [3.05, 3.63) is 41.9 Å². The lowest BCUT2D eigenvalue weighted by molar-refractivity contribution is 0.909. The molecule has 0 spiro atoms. The van der Waals surface area contributed by atoms with Crippen molar-refractivity contribution in [2.75, 3.05) is 5.32 Å². The number of anilines is 1. The average molecular weight is 201 g/mol. The molecule has 0 amide bonds. The van der Waals surface area contributed by atoms with Crippen molar-refractivity contribution in [1.29, 1.82) is 0 Å². The molecule has 2 rings (SSSR count). The summed E-state index contributed by atoms with van der Waals surface area (Å²) in [5, 5.41) is 18.7. The predicted octanol–water partition coefficient (Wildman–Crippen LogP) is 1.19.